The van der Waals surface area contributed by atoms with Crippen LogP contribution in [0.3, 0.4) is 0 Å². The van der Waals surface area contributed by atoms with E-state index in [4.69, 9.17) is 27.1 Å². The van der Waals surface area contributed by atoms with Crippen LogP contribution in [0.5, 0.6) is 5.75 Å². The Kier molecular flexibility index (Phi) is 7.39. The Hall–Kier alpha value is -1.05. The highest BCUT2D eigenvalue weighted by Gasteiger charge is 2.24. The summed E-state index contributed by atoms with van der Waals surface area (Å²) >= 11 is 7.79. The Morgan fingerprint density at radius 3 is 2.59 bits per heavy atom. The summed E-state index contributed by atoms with van der Waals surface area (Å²) in [7, 11) is -4.54. The Morgan fingerprint density at radius 1 is 1.26 bits per heavy atom. The molecule has 0 saturated heterocycles. The van der Waals surface area contributed by atoms with Gasteiger partial charge in [-0.3, -0.25) is 4.52 Å². The van der Waals surface area contributed by atoms with Crippen molar-refractivity contribution in [1.29, 1.82) is 0 Å². The molecule has 2 aromatic rings. The van der Waals surface area contributed by atoms with E-state index < -0.39 is 13.4 Å². The summed E-state index contributed by atoms with van der Waals surface area (Å²) in [5.74, 6) is 0.217. The molecular formula is C18H23ClNO5PS. The predicted octanol–water partition coefficient (Wildman–Crippen LogP) is 4.26. The molecule has 2 aromatic carbocycles. The molecule has 1 atom stereocenters. The van der Waals surface area contributed by atoms with Gasteiger partial charge >= 0.3 is 7.82 Å². The van der Waals surface area contributed by atoms with Crippen molar-refractivity contribution in [3.63, 3.8) is 0 Å². The number of hydrogen-bond donors (Lipinski definition) is 4. The maximum Gasteiger partial charge on any atom is 0.469 e. The molecule has 0 aliphatic carbocycles. The van der Waals surface area contributed by atoms with Crippen molar-refractivity contribution in [3.8, 4) is 5.75 Å². The molecule has 0 amide bonds. The zero-order chi connectivity index (χ0) is 20.2. The van der Waals surface area contributed by atoms with E-state index in [1.54, 1.807) is 13.0 Å². The predicted molar refractivity (Wildman–Crippen MR) is 107 cm³/mol. The molecule has 0 aliphatic rings. The maximum atomic E-state index is 10.8. The van der Waals surface area contributed by atoms with E-state index in [1.807, 2.05) is 37.3 Å². The number of phosphoric acid groups is 1. The van der Waals surface area contributed by atoms with Crippen molar-refractivity contribution in [2.45, 2.75) is 42.0 Å². The lowest BCUT2D eigenvalue weighted by atomic mass is 9.95. The Bertz CT molecular complexity index is 856. The van der Waals surface area contributed by atoms with E-state index >= 15 is 0 Å². The average molecular weight is 432 g/mol. The number of rotatable bonds is 8. The number of phosphoric ester groups is 1. The third-order valence-corrected chi connectivity index (χ3v) is 5.75. The Balaban J connectivity index is 2.02. The van der Waals surface area contributed by atoms with E-state index in [1.165, 1.54) is 11.8 Å². The summed E-state index contributed by atoms with van der Waals surface area (Å²) in [6.07, 6.45) is 0.981. The van der Waals surface area contributed by atoms with Gasteiger partial charge in [0.1, 0.15) is 5.75 Å². The van der Waals surface area contributed by atoms with Crippen LogP contribution in [0.25, 0.3) is 0 Å². The van der Waals surface area contributed by atoms with Crippen molar-refractivity contribution < 1.29 is 24.0 Å². The minimum Gasteiger partial charge on any atom is -0.507 e. The quantitative estimate of drug-likeness (QED) is 0.462. The molecule has 0 heterocycles. The smallest absolute Gasteiger partial charge is 0.469 e. The van der Waals surface area contributed by atoms with Crippen LogP contribution in [-0.2, 0) is 15.5 Å². The first kappa shape index (κ1) is 22.2. The molecule has 0 bridgehead atoms. The third-order valence-electron chi connectivity index (χ3n) is 3.90. The van der Waals surface area contributed by atoms with Gasteiger partial charge in [-0.2, -0.15) is 0 Å². The highest BCUT2D eigenvalue weighted by Crippen LogP contribution is 2.38. The van der Waals surface area contributed by atoms with Crippen LogP contribution in [0.4, 0.5) is 0 Å². The summed E-state index contributed by atoms with van der Waals surface area (Å²) in [6.45, 7) is 3.37. The van der Waals surface area contributed by atoms with Gasteiger partial charge in [-0.15, -0.1) is 0 Å². The topological polar surface area (TPSA) is 113 Å². The second-order valence-corrected chi connectivity index (χ2v) is 9.51. The lowest BCUT2D eigenvalue weighted by molar-refractivity contribution is 0.154. The number of phenolic OH excluding ortho intramolecular Hbond substituents is 1. The summed E-state index contributed by atoms with van der Waals surface area (Å²) in [4.78, 5) is 19.2. The van der Waals surface area contributed by atoms with Crippen LogP contribution in [0.2, 0.25) is 5.02 Å². The van der Waals surface area contributed by atoms with E-state index in [-0.39, 0.29) is 12.4 Å². The Labute approximate surface area is 167 Å². The fourth-order valence-electron chi connectivity index (χ4n) is 2.35. The molecule has 0 fully saturated rings. The third kappa shape index (κ3) is 7.47. The first-order valence-electron chi connectivity index (χ1n) is 8.20. The largest absolute Gasteiger partial charge is 0.507 e. The zero-order valence-electron chi connectivity index (χ0n) is 15.1. The number of phenols is 1. The van der Waals surface area contributed by atoms with Crippen LogP contribution < -0.4 is 5.73 Å². The Morgan fingerprint density at radius 2 is 1.96 bits per heavy atom. The van der Waals surface area contributed by atoms with Crippen molar-refractivity contribution in [3.05, 3.63) is 52.5 Å². The number of nitrogens with two attached hydrogens (primary N) is 1. The summed E-state index contributed by atoms with van der Waals surface area (Å²) in [6, 6.07) is 11.0. The SMILES string of the molecule is Cc1ccc(O)c(Sc2ccc(CC[C@](C)(N)COP(=O)(O)O)c(Cl)c2)c1. The fourth-order valence-corrected chi connectivity index (χ4v) is 4.14. The molecule has 0 aromatic heterocycles. The summed E-state index contributed by atoms with van der Waals surface area (Å²) in [5, 5.41) is 10.5. The minimum absolute atomic E-state index is 0.217. The summed E-state index contributed by atoms with van der Waals surface area (Å²) in [5.41, 5.74) is 7.07. The van der Waals surface area contributed by atoms with Crippen LogP contribution >= 0.6 is 31.2 Å². The van der Waals surface area contributed by atoms with Crippen LogP contribution in [0.15, 0.2) is 46.2 Å². The second kappa shape index (κ2) is 8.97. The van der Waals surface area contributed by atoms with Crippen LogP contribution in [0.1, 0.15) is 24.5 Å². The van der Waals surface area contributed by atoms with Crippen molar-refractivity contribution >= 4 is 31.2 Å². The van der Waals surface area contributed by atoms with Crippen LogP contribution in [-0.4, -0.2) is 27.0 Å². The van der Waals surface area contributed by atoms with Gasteiger partial charge < -0.3 is 20.6 Å². The van der Waals surface area contributed by atoms with E-state index in [9.17, 15) is 9.67 Å². The molecule has 0 saturated carbocycles. The molecular weight excluding hydrogens is 409 g/mol. The number of hydrogen-bond acceptors (Lipinski definition) is 5. The minimum atomic E-state index is -4.54. The van der Waals surface area contributed by atoms with E-state index in [0.717, 1.165) is 20.9 Å². The molecule has 9 heteroatoms. The molecule has 0 spiro atoms. The van der Waals surface area contributed by atoms with Gasteiger partial charge in [-0.1, -0.05) is 35.5 Å². The first-order chi connectivity index (χ1) is 12.5. The van der Waals surface area contributed by atoms with Gasteiger partial charge in [0, 0.05) is 15.5 Å². The van der Waals surface area contributed by atoms with Gasteiger partial charge in [0.05, 0.1) is 11.5 Å². The molecule has 27 heavy (non-hydrogen) atoms. The first-order valence-corrected chi connectivity index (χ1v) is 10.9. The van der Waals surface area contributed by atoms with Crippen LogP contribution in [0, 0.1) is 6.92 Å². The van der Waals surface area contributed by atoms with E-state index in [2.05, 4.69) is 4.52 Å². The number of halogens is 1. The maximum absolute atomic E-state index is 10.8. The monoisotopic (exact) mass is 431 g/mol. The highest BCUT2D eigenvalue weighted by molar-refractivity contribution is 7.99. The number of aryl methyl sites for hydroxylation is 2. The van der Waals surface area contributed by atoms with Gasteiger partial charge in [-0.05, 0) is 62.1 Å². The molecule has 6 nitrogen and oxygen atoms in total. The summed E-state index contributed by atoms with van der Waals surface area (Å²) < 4.78 is 15.3. The lowest BCUT2D eigenvalue weighted by Gasteiger charge is -2.24. The average Bonchev–Trinajstić information content (AvgIpc) is 2.55. The lowest BCUT2D eigenvalue weighted by Crippen LogP contribution is -2.41. The fraction of sp³-hybridized carbons (Fsp3) is 0.333. The molecule has 0 unspecified atom stereocenters. The van der Waals surface area contributed by atoms with Gasteiger partial charge in [0.25, 0.3) is 0 Å². The number of benzene rings is 2. The highest BCUT2D eigenvalue weighted by atomic mass is 35.5. The molecule has 0 radical (unpaired) electrons. The van der Waals surface area contributed by atoms with Gasteiger partial charge in [0.2, 0.25) is 0 Å². The molecule has 0 aliphatic heterocycles. The van der Waals surface area contributed by atoms with Gasteiger partial charge in [-0.25, -0.2) is 4.57 Å². The number of aromatic hydroxyl groups is 1. The van der Waals surface area contributed by atoms with Gasteiger partial charge in [0.15, 0.2) is 0 Å². The molecule has 148 valence electrons. The standard InChI is InChI=1S/C18H23ClNO5PS/c1-12-3-6-16(21)17(9-12)27-14-5-4-13(15(19)10-14)7-8-18(2,20)11-25-26(22,23)24/h3-6,9-10,21H,7-8,11,20H2,1-2H3,(H2,22,23,24)/t18-/m0/s1. The van der Waals surface area contributed by atoms with E-state index in [0.29, 0.717) is 17.9 Å². The molecule has 5 N–H and O–H groups in total. The molecule has 2 rings (SSSR count). The van der Waals surface area contributed by atoms with Crippen molar-refractivity contribution in [2.24, 2.45) is 5.73 Å². The van der Waals surface area contributed by atoms with Crippen molar-refractivity contribution in [2.75, 3.05) is 6.61 Å². The normalized spacial score (nSPS) is 14.1. The second-order valence-electron chi connectivity index (χ2n) is 6.74. The van der Waals surface area contributed by atoms with Crippen molar-refractivity contribution in [1.82, 2.24) is 0 Å². The zero-order valence-corrected chi connectivity index (χ0v) is 17.5.